The van der Waals surface area contributed by atoms with Gasteiger partial charge in [0, 0.05) is 24.5 Å². The highest BCUT2D eigenvalue weighted by atomic mass is 32.2. The van der Waals surface area contributed by atoms with E-state index >= 15 is 0 Å². The summed E-state index contributed by atoms with van der Waals surface area (Å²) in [6, 6.07) is 1.27. The summed E-state index contributed by atoms with van der Waals surface area (Å²) in [5.74, 6) is 1.26. The Morgan fingerprint density at radius 2 is 2.44 bits per heavy atom. The Kier molecular flexibility index (Phi) is 4.72. The largest absolute Gasteiger partial charge is 0.333 e. The van der Waals surface area contributed by atoms with Crippen molar-refractivity contribution in [1.82, 2.24) is 14.9 Å². The molecule has 3 nitrogen and oxygen atoms in total. The van der Waals surface area contributed by atoms with Crippen LogP contribution >= 0.6 is 11.8 Å². The first-order valence-electron chi connectivity index (χ1n) is 6.11. The van der Waals surface area contributed by atoms with Gasteiger partial charge in [-0.15, -0.1) is 0 Å². The van der Waals surface area contributed by atoms with Crippen LogP contribution in [-0.2, 0) is 0 Å². The molecule has 1 saturated carbocycles. The molecule has 1 heterocycles. The predicted octanol–water partition coefficient (Wildman–Crippen LogP) is 2.32. The second kappa shape index (κ2) is 6.30. The first-order chi connectivity index (χ1) is 7.92. The van der Waals surface area contributed by atoms with Gasteiger partial charge in [0.2, 0.25) is 0 Å². The van der Waals surface area contributed by atoms with Crippen molar-refractivity contribution < 1.29 is 0 Å². The minimum Gasteiger partial charge on any atom is -0.333 e. The molecule has 1 aromatic rings. The van der Waals surface area contributed by atoms with Gasteiger partial charge >= 0.3 is 0 Å². The van der Waals surface area contributed by atoms with Crippen LogP contribution in [-0.4, -0.2) is 34.1 Å². The molecule has 0 spiro atoms. The number of rotatable bonds is 6. The third-order valence-electron chi connectivity index (χ3n) is 3.32. The zero-order valence-corrected chi connectivity index (χ0v) is 10.7. The Balaban J connectivity index is 1.80. The fourth-order valence-electron chi connectivity index (χ4n) is 2.51. The third-order valence-corrected chi connectivity index (χ3v) is 4.02. The van der Waals surface area contributed by atoms with Crippen molar-refractivity contribution in [3.63, 3.8) is 0 Å². The number of hydrogen-bond acceptors (Lipinski definition) is 3. The van der Waals surface area contributed by atoms with Crippen LogP contribution in [0.5, 0.6) is 0 Å². The van der Waals surface area contributed by atoms with Crippen LogP contribution < -0.4 is 5.32 Å². The molecule has 1 N–H and O–H groups in total. The van der Waals surface area contributed by atoms with Crippen LogP contribution in [0, 0.1) is 0 Å². The molecular weight excluding hydrogens is 218 g/mol. The van der Waals surface area contributed by atoms with E-state index in [1.54, 1.807) is 0 Å². The summed E-state index contributed by atoms with van der Waals surface area (Å²) in [4.78, 5) is 4.14. The van der Waals surface area contributed by atoms with E-state index in [1.165, 1.54) is 31.4 Å². The summed E-state index contributed by atoms with van der Waals surface area (Å²) in [5, 5.41) is 3.69. The van der Waals surface area contributed by atoms with E-state index in [4.69, 9.17) is 0 Å². The molecule has 0 saturated heterocycles. The van der Waals surface area contributed by atoms with Crippen LogP contribution in [0.3, 0.4) is 0 Å². The first-order valence-corrected chi connectivity index (χ1v) is 7.51. The molecule has 1 aromatic heterocycles. The van der Waals surface area contributed by atoms with Crippen molar-refractivity contribution in [3.05, 3.63) is 18.7 Å². The average molecular weight is 239 g/mol. The van der Waals surface area contributed by atoms with Crippen molar-refractivity contribution in [2.45, 2.75) is 37.8 Å². The summed E-state index contributed by atoms with van der Waals surface area (Å²) in [6.45, 7) is 1.15. The summed E-state index contributed by atoms with van der Waals surface area (Å²) in [6.07, 6.45) is 13.3. The monoisotopic (exact) mass is 239 g/mol. The van der Waals surface area contributed by atoms with Gasteiger partial charge in [-0.25, -0.2) is 4.98 Å². The lowest BCUT2D eigenvalue weighted by atomic mass is 10.1. The minimum atomic E-state index is 0.622. The number of aromatic nitrogens is 2. The van der Waals surface area contributed by atoms with Crippen LogP contribution in [0.15, 0.2) is 18.7 Å². The zero-order valence-electron chi connectivity index (χ0n) is 9.93. The highest BCUT2D eigenvalue weighted by Gasteiger charge is 2.27. The molecule has 2 rings (SSSR count). The lowest BCUT2D eigenvalue weighted by molar-refractivity contribution is 0.393. The molecule has 0 radical (unpaired) electrons. The van der Waals surface area contributed by atoms with Gasteiger partial charge in [0.05, 0.1) is 6.33 Å². The summed E-state index contributed by atoms with van der Waals surface area (Å²) in [5.41, 5.74) is 0. The topological polar surface area (TPSA) is 29.9 Å². The quantitative estimate of drug-likeness (QED) is 0.773. The van der Waals surface area contributed by atoms with Gasteiger partial charge in [-0.05, 0) is 44.2 Å². The van der Waals surface area contributed by atoms with Crippen molar-refractivity contribution in [3.8, 4) is 0 Å². The predicted molar refractivity (Wildman–Crippen MR) is 69.9 cm³/mol. The summed E-state index contributed by atoms with van der Waals surface area (Å²) in [7, 11) is 0. The van der Waals surface area contributed by atoms with Crippen LogP contribution in [0.1, 0.15) is 31.7 Å². The normalized spacial score (nSPS) is 25.1. The molecule has 2 unspecified atom stereocenters. The molecule has 0 aliphatic heterocycles. The van der Waals surface area contributed by atoms with E-state index in [-0.39, 0.29) is 0 Å². The smallest absolute Gasteiger partial charge is 0.0949 e. The Labute approximate surface area is 102 Å². The van der Waals surface area contributed by atoms with E-state index in [2.05, 4.69) is 27.3 Å². The molecule has 90 valence electrons. The lowest BCUT2D eigenvalue weighted by Gasteiger charge is -2.22. The van der Waals surface area contributed by atoms with Crippen molar-refractivity contribution in [2.75, 3.05) is 18.6 Å². The Morgan fingerprint density at radius 1 is 1.50 bits per heavy atom. The van der Waals surface area contributed by atoms with E-state index in [0.717, 1.165) is 6.54 Å². The molecular formula is C12H21N3S. The maximum Gasteiger partial charge on any atom is 0.0949 e. The fraction of sp³-hybridized carbons (Fsp3) is 0.750. The lowest BCUT2D eigenvalue weighted by Crippen LogP contribution is -2.34. The van der Waals surface area contributed by atoms with E-state index in [0.29, 0.717) is 12.1 Å². The second-order valence-corrected chi connectivity index (χ2v) is 5.40. The van der Waals surface area contributed by atoms with Crippen LogP contribution in [0.2, 0.25) is 0 Å². The molecule has 1 fully saturated rings. The van der Waals surface area contributed by atoms with E-state index < -0.39 is 0 Å². The Bertz CT molecular complexity index is 286. The maximum absolute atomic E-state index is 4.14. The van der Waals surface area contributed by atoms with Gasteiger partial charge in [0.1, 0.15) is 0 Å². The fourth-order valence-corrected chi connectivity index (χ4v) is 2.94. The van der Waals surface area contributed by atoms with Gasteiger partial charge in [-0.2, -0.15) is 11.8 Å². The van der Waals surface area contributed by atoms with Crippen LogP contribution in [0.4, 0.5) is 0 Å². The van der Waals surface area contributed by atoms with Crippen molar-refractivity contribution in [1.29, 1.82) is 0 Å². The van der Waals surface area contributed by atoms with Crippen LogP contribution in [0.25, 0.3) is 0 Å². The van der Waals surface area contributed by atoms with Gasteiger partial charge in [0.25, 0.3) is 0 Å². The van der Waals surface area contributed by atoms with Crippen molar-refractivity contribution >= 4 is 11.8 Å². The third kappa shape index (κ3) is 3.01. The van der Waals surface area contributed by atoms with E-state index in [9.17, 15) is 0 Å². The number of nitrogens with one attached hydrogen (secondary N) is 1. The van der Waals surface area contributed by atoms with E-state index in [1.807, 2.05) is 24.3 Å². The molecule has 1 aliphatic rings. The molecule has 0 bridgehead atoms. The number of imidazole rings is 1. The van der Waals surface area contributed by atoms with Gasteiger partial charge in [0.15, 0.2) is 0 Å². The summed E-state index contributed by atoms with van der Waals surface area (Å²) < 4.78 is 2.26. The SMILES string of the molecule is CSCCCNC1CCCC1n1ccnc1. The highest BCUT2D eigenvalue weighted by molar-refractivity contribution is 7.98. The molecule has 0 amide bonds. The second-order valence-electron chi connectivity index (χ2n) is 4.42. The highest BCUT2D eigenvalue weighted by Crippen LogP contribution is 2.29. The maximum atomic E-state index is 4.14. The molecule has 4 heteroatoms. The van der Waals surface area contributed by atoms with Gasteiger partial charge in [-0.1, -0.05) is 0 Å². The Morgan fingerprint density at radius 3 is 3.19 bits per heavy atom. The molecule has 2 atom stereocenters. The number of hydrogen-bond donors (Lipinski definition) is 1. The molecule has 16 heavy (non-hydrogen) atoms. The standard InChI is InChI=1S/C12H21N3S/c1-16-9-3-6-14-11-4-2-5-12(11)15-8-7-13-10-15/h7-8,10-12,14H,2-6,9H2,1H3. The van der Waals surface area contributed by atoms with Gasteiger partial charge < -0.3 is 9.88 Å². The number of thioether (sulfide) groups is 1. The molecule has 0 aromatic carbocycles. The number of nitrogens with zero attached hydrogens (tertiary/aromatic N) is 2. The zero-order chi connectivity index (χ0) is 11.2. The van der Waals surface area contributed by atoms with Crippen molar-refractivity contribution in [2.24, 2.45) is 0 Å². The van der Waals surface area contributed by atoms with Gasteiger partial charge in [-0.3, -0.25) is 0 Å². The molecule has 1 aliphatic carbocycles. The average Bonchev–Trinajstić information content (AvgIpc) is 2.94. The summed E-state index contributed by atoms with van der Waals surface area (Å²) >= 11 is 1.93. The minimum absolute atomic E-state index is 0.622. The Hall–Kier alpha value is -0.480. The first kappa shape index (κ1) is 12.0.